The second kappa shape index (κ2) is 7.69. The van der Waals surface area contributed by atoms with Gasteiger partial charge in [0.25, 0.3) is 5.91 Å². The first-order valence-electron chi connectivity index (χ1n) is 10.3. The Kier molecular flexibility index (Phi) is 4.87. The van der Waals surface area contributed by atoms with Crippen molar-refractivity contribution in [1.82, 2.24) is 9.88 Å². The van der Waals surface area contributed by atoms with Gasteiger partial charge in [-0.25, -0.2) is 0 Å². The van der Waals surface area contributed by atoms with E-state index in [-0.39, 0.29) is 11.9 Å². The van der Waals surface area contributed by atoms with Crippen molar-refractivity contribution in [3.8, 4) is 0 Å². The summed E-state index contributed by atoms with van der Waals surface area (Å²) in [4.78, 5) is 20.6. The Bertz CT molecular complexity index is 1230. The molecule has 1 atom stereocenters. The van der Waals surface area contributed by atoms with Gasteiger partial charge in [-0.3, -0.25) is 4.79 Å². The molecular formula is C26H24N2OS. The second-order valence-corrected chi connectivity index (χ2v) is 8.68. The lowest BCUT2D eigenvalue weighted by Crippen LogP contribution is -2.40. The number of amides is 1. The Labute approximate surface area is 181 Å². The first-order chi connectivity index (χ1) is 14.7. The number of hydrogen-bond donors (Lipinski definition) is 1. The van der Waals surface area contributed by atoms with E-state index in [9.17, 15) is 4.79 Å². The number of rotatable bonds is 3. The van der Waals surface area contributed by atoms with Crippen LogP contribution in [0.3, 0.4) is 0 Å². The number of hydrogen-bond acceptors (Lipinski definition) is 2. The monoisotopic (exact) mass is 412 g/mol. The number of carbonyl (C=O) groups excluding carboxylic acids is 1. The summed E-state index contributed by atoms with van der Waals surface area (Å²) in [5.41, 5.74) is 6.55. The molecule has 5 rings (SSSR count). The van der Waals surface area contributed by atoms with Crippen molar-refractivity contribution in [3.63, 3.8) is 0 Å². The number of carbonyl (C=O) groups is 1. The Morgan fingerprint density at radius 1 is 1.00 bits per heavy atom. The van der Waals surface area contributed by atoms with Gasteiger partial charge in [-0.2, -0.15) is 0 Å². The molecule has 0 spiro atoms. The molecule has 3 aromatic carbocycles. The van der Waals surface area contributed by atoms with Crippen molar-refractivity contribution < 1.29 is 4.79 Å². The summed E-state index contributed by atoms with van der Waals surface area (Å²) < 4.78 is 0. The maximum Gasteiger partial charge on any atom is 0.254 e. The highest BCUT2D eigenvalue weighted by atomic mass is 32.2. The number of aryl methyl sites for hydroxylation is 1. The molecule has 4 aromatic rings. The zero-order valence-electron chi connectivity index (χ0n) is 17.2. The first kappa shape index (κ1) is 19.0. The van der Waals surface area contributed by atoms with E-state index < -0.39 is 0 Å². The summed E-state index contributed by atoms with van der Waals surface area (Å²) in [6.07, 6.45) is 2.94. The van der Waals surface area contributed by atoms with Gasteiger partial charge in [-0.15, -0.1) is 11.8 Å². The van der Waals surface area contributed by atoms with Crippen molar-refractivity contribution in [2.45, 2.75) is 24.3 Å². The van der Waals surface area contributed by atoms with Crippen LogP contribution in [-0.4, -0.2) is 28.6 Å². The quantitative estimate of drug-likeness (QED) is 0.420. The predicted octanol–water partition coefficient (Wildman–Crippen LogP) is 5.99. The second-order valence-electron chi connectivity index (χ2n) is 7.80. The van der Waals surface area contributed by atoms with Crippen molar-refractivity contribution in [2.24, 2.45) is 0 Å². The number of H-pyrrole nitrogens is 1. The predicted molar refractivity (Wildman–Crippen MR) is 124 cm³/mol. The molecule has 2 heterocycles. The minimum atomic E-state index is -0.121. The maximum atomic E-state index is 13.7. The molecule has 0 bridgehead atoms. The molecule has 0 unspecified atom stereocenters. The van der Waals surface area contributed by atoms with E-state index in [0.29, 0.717) is 6.54 Å². The number of thioether (sulfide) groups is 1. The molecule has 0 radical (unpaired) electrons. The molecule has 1 aromatic heterocycles. The van der Waals surface area contributed by atoms with Crippen LogP contribution in [0.15, 0.2) is 77.7 Å². The van der Waals surface area contributed by atoms with E-state index in [1.165, 1.54) is 15.8 Å². The van der Waals surface area contributed by atoms with Crippen LogP contribution in [0.25, 0.3) is 10.9 Å². The summed E-state index contributed by atoms with van der Waals surface area (Å²) in [5, 5.41) is 1.27. The Balaban J connectivity index is 1.66. The minimum absolute atomic E-state index is 0.0938. The molecule has 0 aliphatic carbocycles. The molecule has 1 aliphatic heterocycles. The largest absolute Gasteiger partial charge is 0.356 e. The number of nitrogens with zero attached hydrogens (tertiary/aromatic N) is 1. The Morgan fingerprint density at radius 3 is 2.50 bits per heavy atom. The van der Waals surface area contributed by atoms with Gasteiger partial charge in [0, 0.05) is 33.6 Å². The summed E-state index contributed by atoms with van der Waals surface area (Å²) in [6, 6.07) is 24.8. The molecule has 30 heavy (non-hydrogen) atoms. The van der Waals surface area contributed by atoms with Gasteiger partial charge in [0.1, 0.15) is 0 Å². The highest BCUT2D eigenvalue weighted by Crippen LogP contribution is 2.39. The van der Waals surface area contributed by atoms with Gasteiger partial charge < -0.3 is 9.88 Å². The van der Waals surface area contributed by atoms with Crippen molar-refractivity contribution in [2.75, 3.05) is 12.8 Å². The molecule has 1 N–H and O–H groups in total. The highest BCUT2D eigenvalue weighted by Gasteiger charge is 2.35. The lowest BCUT2D eigenvalue weighted by molar-refractivity contribution is 0.0691. The molecule has 0 saturated heterocycles. The summed E-state index contributed by atoms with van der Waals surface area (Å²) in [5.74, 6) is 0.0938. The average Bonchev–Trinajstić information content (AvgIpc) is 3.17. The van der Waals surface area contributed by atoms with E-state index >= 15 is 0 Å². The van der Waals surface area contributed by atoms with E-state index in [1.54, 1.807) is 11.8 Å². The van der Waals surface area contributed by atoms with Crippen LogP contribution in [0, 0.1) is 6.92 Å². The molecule has 0 fully saturated rings. The van der Waals surface area contributed by atoms with E-state index in [2.05, 4.69) is 59.8 Å². The molecule has 4 heteroatoms. The number of fused-ring (bicyclic) bond motifs is 3. The van der Waals surface area contributed by atoms with Crippen molar-refractivity contribution in [3.05, 3.63) is 101 Å². The SMILES string of the molecule is CSc1ccc([C@H]2c3[nH]c4ccccc4c3CCN2C(=O)c2ccccc2C)cc1. The number of aromatic amines is 1. The van der Waals surface area contributed by atoms with Gasteiger partial charge in [0.05, 0.1) is 6.04 Å². The fourth-order valence-electron chi connectivity index (χ4n) is 4.56. The van der Waals surface area contributed by atoms with Crippen LogP contribution in [-0.2, 0) is 6.42 Å². The van der Waals surface area contributed by atoms with Gasteiger partial charge in [-0.1, -0.05) is 48.5 Å². The Morgan fingerprint density at radius 2 is 1.73 bits per heavy atom. The number of benzene rings is 3. The number of nitrogens with one attached hydrogen (secondary N) is 1. The molecule has 1 amide bonds. The molecular weight excluding hydrogens is 388 g/mol. The molecule has 3 nitrogen and oxygen atoms in total. The van der Waals surface area contributed by atoms with Crippen molar-refractivity contribution in [1.29, 1.82) is 0 Å². The third kappa shape index (κ3) is 3.12. The minimum Gasteiger partial charge on any atom is -0.356 e. The zero-order chi connectivity index (χ0) is 20.7. The first-order valence-corrected chi connectivity index (χ1v) is 11.5. The smallest absolute Gasteiger partial charge is 0.254 e. The van der Waals surface area contributed by atoms with Gasteiger partial charge in [0.15, 0.2) is 0 Å². The molecule has 0 saturated carbocycles. The van der Waals surface area contributed by atoms with Gasteiger partial charge in [-0.05, 0) is 60.6 Å². The number of para-hydroxylation sites is 1. The van der Waals surface area contributed by atoms with E-state index in [0.717, 1.165) is 34.3 Å². The lowest BCUT2D eigenvalue weighted by atomic mass is 9.91. The Hall–Kier alpha value is -2.98. The zero-order valence-corrected chi connectivity index (χ0v) is 18.0. The van der Waals surface area contributed by atoms with Crippen LogP contribution >= 0.6 is 11.8 Å². The molecule has 150 valence electrons. The fourth-order valence-corrected chi connectivity index (χ4v) is 4.97. The topological polar surface area (TPSA) is 36.1 Å². The standard InChI is InChI=1S/C26H24N2OS/c1-17-7-3-4-8-20(17)26(29)28-16-15-22-21-9-5-6-10-23(21)27-24(22)25(28)18-11-13-19(30-2)14-12-18/h3-14,25,27H,15-16H2,1-2H3/t25-/m0/s1. The summed E-state index contributed by atoms with van der Waals surface area (Å²) in [7, 11) is 0. The van der Waals surface area contributed by atoms with Crippen molar-refractivity contribution >= 4 is 28.6 Å². The van der Waals surface area contributed by atoms with E-state index in [1.807, 2.05) is 36.1 Å². The van der Waals surface area contributed by atoms with Crippen LogP contribution in [0.4, 0.5) is 0 Å². The maximum absolute atomic E-state index is 13.7. The van der Waals surface area contributed by atoms with Crippen LogP contribution in [0.2, 0.25) is 0 Å². The highest BCUT2D eigenvalue weighted by molar-refractivity contribution is 7.98. The summed E-state index contributed by atoms with van der Waals surface area (Å²) in [6.45, 7) is 2.71. The third-order valence-corrected chi connectivity index (χ3v) is 6.85. The van der Waals surface area contributed by atoms with Gasteiger partial charge in [0.2, 0.25) is 0 Å². The van der Waals surface area contributed by atoms with E-state index in [4.69, 9.17) is 0 Å². The summed E-state index contributed by atoms with van der Waals surface area (Å²) >= 11 is 1.73. The normalized spacial score (nSPS) is 15.9. The van der Waals surface area contributed by atoms with Crippen LogP contribution in [0.5, 0.6) is 0 Å². The molecule has 1 aliphatic rings. The van der Waals surface area contributed by atoms with Crippen LogP contribution in [0.1, 0.15) is 38.8 Å². The van der Waals surface area contributed by atoms with Crippen LogP contribution < -0.4 is 0 Å². The average molecular weight is 413 g/mol. The third-order valence-electron chi connectivity index (χ3n) is 6.10. The van der Waals surface area contributed by atoms with Gasteiger partial charge >= 0.3 is 0 Å². The number of aromatic nitrogens is 1. The lowest BCUT2D eigenvalue weighted by Gasteiger charge is -2.36. The fraction of sp³-hybridized carbons (Fsp3) is 0.192.